The predicted octanol–water partition coefficient (Wildman–Crippen LogP) is 3.91. The van der Waals surface area contributed by atoms with Gasteiger partial charge in [-0.2, -0.15) is 0 Å². The maximum atomic E-state index is 11.0. The normalized spacial score (nSPS) is 18.1. The van der Waals surface area contributed by atoms with Crippen molar-refractivity contribution in [2.24, 2.45) is 5.92 Å². The van der Waals surface area contributed by atoms with Crippen LogP contribution in [-0.2, 0) is 9.59 Å². The predicted molar refractivity (Wildman–Crippen MR) is 102 cm³/mol. The summed E-state index contributed by atoms with van der Waals surface area (Å²) in [5.74, 6) is 1.36. The molecule has 140 valence electrons. The van der Waals surface area contributed by atoms with Crippen LogP contribution in [0.2, 0.25) is 0 Å². The maximum Gasteiger partial charge on any atom is 0.219 e. The first kappa shape index (κ1) is 22.8. The van der Waals surface area contributed by atoms with Crippen molar-refractivity contribution < 1.29 is 9.59 Å². The molecule has 0 bridgehead atoms. The van der Waals surface area contributed by atoms with Crippen LogP contribution >= 0.6 is 0 Å². The number of hydrogen-bond acceptors (Lipinski definition) is 3. The Morgan fingerprint density at radius 3 is 2.00 bits per heavy atom. The van der Waals surface area contributed by atoms with Crippen LogP contribution in [0.5, 0.6) is 0 Å². The third-order valence-corrected chi connectivity index (χ3v) is 4.52. The molecule has 0 aromatic rings. The lowest BCUT2D eigenvalue weighted by Crippen LogP contribution is -2.49. The first-order chi connectivity index (χ1) is 11.5. The van der Waals surface area contributed by atoms with Gasteiger partial charge in [-0.1, -0.05) is 45.6 Å². The van der Waals surface area contributed by atoms with Gasteiger partial charge in [0.1, 0.15) is 5.78 Å². The van der Waals surface area contributed by atoms with Crippen molar-refractivity contribution in [3.05, 3.63) is 12.7 Å². The van der Waals surface area contributed by atoms with Crippen molar-refractivity contribution in [1.29, 1.82) is 0 Å². The summed E-state index contributed by atoms with van der Waals surface area (Å²) in [7, 11) is 0. The first-order valence-corrected chi connectivity index (χ1v) is 9.61. The van der Waals surface area contributed by atoms with E-state index in [4.69, 9.17) is 0 Å². The van der Waals surface area contributed by atoms with E-state index in [1.54, 1.807) is 13.8 Å². The number of allylic oxidation sites excluding steroid dienone is 1. The number of amides is 1. The number of carbonyl (C=O) groups is 2. The number of Topliss-reactive ketones (excluding diaryl/α,β-unsaturated/α-hetero) is 1. The van der Waals surface area contributed by atoms with Crippen LogP contribution in [-0.4, -0.2) is 54.2 Å². The minimum absolute atomic E-state index is 0.127. The molecule has 0 aromatic heterocycles. The Morgan fingerprint density at radius 1 is 1.04 bits per heavy atom. The molecule has 0 radical (unpaired) electrons. The molecule has 0 unspecified atom stereocenters. The average Bonchev–Trinajstić information content (AvgIpc) is 3.09. The molecule has 2 aliphatic rings. The van der Waals surface area contributed by atoms with Gasteiger partial charge in [0.05, 0.1) is 6.54 Å². The van der Waals surface area contributed by atoms with Crippen molar-refractivity contribution >= 4 is 11.7 Å². The van der Waals surface area contributed by atoms with E-state index in [0.717, 1.165) is 32.1 Å². The fraction of sp³-hybridized carbons (Fsp3) is 0.800. The lowest BCUT2D eigenvalue weighted by molar-refractivity contribution is -0.130. The smallest absolute Gasteiger partial charge is 0.219 e. The van der Waals surface area contributed by atoms with Crippen molar-refractivity contribution in [3.8, 4) is 0 Å². The molecule has 1 aliphatic carbocycles. The molecule has 0 spiro atoms. The van der Waals surface area contributed by atoms with E-state index >= 15 is 0 Å². The van der Waals surface area contributed by atoms with Gasteiger partial charge in [-0.25, -0.2) is 0 Å². The second-order valence-corrected chi connectivity index (χ2v) is 6.50. The summed E-state index contributed by atoms with van der Waals surface area (Å²) < 4.78 is 0. The summed E-state index contributed by atoms with van der Waals surface area (Å²) >= 11 is 0. The highest BCUT2D eigenvalue weighted by molar-refractivity contribution is 5.77. The topological polar surface area (TPSA) is 40.6 Å². The maximum absolute atomic E-state index is 11.0. The van der Waals surface area contributed by atoms with Crippen LogP contribution in [0.4, 0.5) is 0 Å². The molecule has 1 saturated heterocycles. The van der Waals surface area contributed by atoms with Crippen LogP contribution in [0.3, 0.4) is 0 Å². The van der Waals surface area contributed by atoms with E-state index in [1.165, 1.54) is 38.5 Å². The minimum atomic E-state index is 0.127. The standard InChI is InChI=1S/C9H16N2O2.C9H16.C2H6/c1-8(12)7-10-3-5-11(6-4-10)9(2)13;1-2-3-6-9-7-4-5-8-9;1-2/h3-7H2,1-2H3;2,9H,1,3-8H2;1-2H3. The third kappa shape index (κ3) is 10.6. The SMILES string of the molecule is C=CCCC1CCCC1.CC.CC(=O)CN1CCN(C(C)=O)CC1. The Hall–Kier alpha value is -1.16. The van der Waals surface area contributed by atoms with E-state index in [2.05, 4.69) is 11.5 Å². The van der Waals surface area contributed by atoms with Crippen molar-refractivity contribution in [2.75, 3.05) is 32.7 Å². The van der Waals surface area contributed by atoms with Crippen LogP contribution in [0.1, 0.15) is 66.2 Å². The fourth-order valence-electron chi connectivity index (χ4n) is 3.19. The summed E-state index contributed by atoms with van der Waals surface area (Å²) in [6.45, 7) is 14.6. The second kappa shape index (κ2) is 14.2. The van der Waals surface area contributed by atoms with E-state index in [0.29, 0.717) is 6.54 Å². The lowest BCUT2D eigenvalue weighted by Gasteiger charge is -2.33. The number of carbonyl (C=O) groups excluding carboxylic acids is 2. The Kier molecular flexibility index (Phi) is 13.5. The summed E-state index contributed by atoms with van der Waals surface area (Å²) in [5.41, 5.74) is 0. The molecule has 2 rings (SSSR count). The number of ketones is 1. The van der Waals surface area contributed by atoms with Crippen molar-refractivity contribution in [1.82, 2.24) is 9.80 Å². The molecule has 0 N–H and O–H groups in total. The van der Waals surface area contributed by atoms with Crippen LogP contribution in [0.25, 0.3) is 0 Å². The zero-order valence-electron chi connectivity index (χ0n) is 16.4. The zero-order chi connectivity index (χ0) is 18.4. The molecule has 0 aromatic carbocycles. The van der Waals surface area contributed by atoms with Crippen LogP contribution < -0.4 is 0 Å². The molecule has 4 heteroatoms. The lowest BCUT2D eigenvalue weighted by atomic mass is 10.0. The van der Waals surface area contributed by atoms with E-state index in [1.807, 2.05) is 24.8 Å². The van der Waals surface area contributed by atoms with Gasteiger partial charge in [0.25, 0.3) is 0 Å². The van der Waals surface area contributed by atoms with E-state index in [-0.39, 0.29) is 11.7 Å². The Morgan fingerprint density at radius 2 is 1.58 bits per heavy atom. The Balaban J connectivity index is 0.000000420. The number of nitrogens with zero attached hydrogens (tertiary/aromatic N) is 2. The number of rotatable bonds is 5. The number of piperazine rings is 1. The molecule has 1 heterocycles. The van der Waals surface area contributed by atoms with Gasteiger partial charge >= 0.3 is 0 Å². The van der Waals surface area contributed by atoms with Gasteiger partial charge < -0.3 is 4.90 Å². The molecule has 0 atom stereocenters. The van der Waals surface area contributed by atoms with Gasteiger partial charge in [-0.15, -0.1) is 6.58 Å². The minimum Gasteiger partial charge on any atom is -0.340 e. The molecular weight excluding hydrogens is 300 g/mol. The molecule has 2 fully saturated rings. The molecule has 1 amide bonds. The van der Waals surface area contributed by atoms with Gasteiger partial charge in [0, 0.05) is 33.1 Å². The highest BCUT2D eigenvalue weighted by Crippen LogP contribution is 2.28. The second-order valence-electron chi connectivity index (χ2n) is 6.50. The highest BCUT2D eigenvalue weighted by atomic mass is 16.2. The van der Waals surface area contributed by atoms with Crippen molar-refractivity contribution in [2.45, 2.75) is 66.2 Å². The number of hydrogen-bond donors (Lipinski definition) is 0. The fourth-order valence-corrected chi connectivity index (χ4v) is 3.19. The summed E-state index contributed by atoms with van der Waals surface area (Å²) in [5, 5.41) is 0. The molecule has 24 heavy (non-hydrogen) atoms. The molecule has 4 nitrogen and oxygen atoms in total. The summed E-state index contributed by atoms with van der Waals surface area (Å²) in [6, 6.07) is 0. The Labute approximate surface area is 149 Å². The average molecular weight is 339 g/mol. The van der Waals surface area contributed by atoms with Gasteiger partial charge in [0.2, 0.25) is 5.91 Å². The monoisotopic (exact) mass is 338 g/mol. The van der Waals surface area contributed by atoms with Crippen LogP contribution in [0, 0.1) is 5.92 Å². The van der Waals surface area contributed by atoms with E-state index < -0.39 is 0 Å². The zero-order valence-corrected chi connectivity index (χ0v) is 16.4. The molecule has 1 aliphatic heterocycles. The first-order valence-electron chi connectivity index (χ1n) is 9.61. The van der Waals surface area contributed by atoms with Crippen molar-refractivity contribution in [3.63, 3.8) is 0 Å². The largest absolute Gasteiger partial charge is 0.340 e. The van der Waals surface area contributed by atoms with Gasteiger partial charge in [-0.3, -0.25) is 14.5 Å². The van der Waals surface area contributed by atoms with Gasteiger partial charge in [0.15, 0.2) is 0 Å². The highest BCUT2D eigenvalue weighted by Gasteiger charge is 2.18. The Bertz CT molecular complexity index is 355. The molecular formula is C20H38N2O2. The molecule has 1 saturated carbocycles. The third-order valence-electron chi connectivity index (χ3n) is 4.52. The van der Waals surface area contributed by atoms with Gasteiger partial charge in [-0.05, 0) is 25.7 Å². The van der Waals surface area contributed by atoms with Crippen LogP contribution in [0.15, 0.2) is 12.7 Å². The quantitative estimate of drug-likeness (QED) is 0.714. The summed E-state index contributed by atoms with van der Waals surface area (Å²) in [4.78, 5) is 25.7. The van der Waals surface area contributed by atoms with E-state index in [9.17, 15) is 9.59 Å². The summed E-state index contributed by atoms with van der Waals surface area (Å²) in [6.07, 6.45) is 10.6.